The summed E-state index contributed by atoms with van der Waals surface area (Å²) in [5.74, 6) is 0.611. The van der Waals surface area contributed by atoms with Gasteiger partial charge in [-0.15, -0.1) is 0 Å². The molecule has 3 atom stereocenters. The third kappa shape index (κ3) is 2.82. The van der Waals surface area contributed by atoms with Gasteiger partial charge in [-0.05, 0) is 0 Å². The molecule has 0 saturated carbocycles. The fourth-order valence-electron chi connectivity index (χ4n) is 1.29. The molecule has 0 aliphatic carbocycles. The van der Waals surface area contributed by atoms with E-state index in [2.05, 4.69) is 0 Å². The summed E-state index contributed by atoms with van der Waals surface area (Å²) in [5, 5.41) is 18.3. The summed E-state index contributed by atoms with van der Waals surface area (Å²) in [6.07, 6.45) is 0.397. The zero-order valence-corrected chi connectivity index (χ0v) is 7.96. The highest BCUT2D eigenvalue weighted by molar-refractivity contribution is 7.84. The first kappa shape index (κ1) is 10.1. The molecule has 5 heteroatoms. The van der Waals surface area contributed by atoms with Gasteiger partial charge in [-0.3, -0.25) is 9.11 Å². The van der Waals surface area contributed by atoms with Crippen molar-refractivity contribution in [1.82, 2.24) is 4.90 Å². The van der Waals surface area contributed by atoms with Crippen LogP contribution in [0.25, 0.3) is 0 Å². The molecule has 0 aromatic carbocycles. The maximum Gasteiger partial charge on any atom is 0.0938 e. The molecule has 1 aliphatic rings. The van der Waals surface area contributed by atoms with E-state index in [-0.39, 0.29) is 0 Å². The van der Waals surface area contributed by atoms with Crippen LogP contribution in [0.1, 0.15) is 0 Å². The Labute approximate surface area is 74.6 Å². The Morgan fingerprint density at radius 1 is 1.42 bits per heavy atom. The van der Waals surface area contributed by atoms with E-state index in [1.165, 1.54) is 0 Å². The summed E-state index contributed by atoms with van der Waals surface area (Å²) < 4.78 is 10.7. The number of hydrogen-bond donors (Lipinski definition) is 2. The number of likely N-dealkylation sites (tertiary alicyclic amines) is 1. The zero-order valence-electron chi connectivity index (χ0n) is 7.14. The van der Waals surface area contributed by atoms with Gasteiger partial charge in [0.1, 0.15) is 0 Å². The number of aliphatic hydroxyl groups is 2. The van der Waals surface area contributed by atoms with Gasteiger partial charge in [-0.1, -0.05) is 0 Å². The molecule has 0 bridgehead atoms. The smallest absolute Gasteiger partial charge is 0.0938 e. The van der Waals surface area contributed by atoms with Crippen LogP contribution in [0.4, 0.5) is 0 Å². The van der Waals surface area contributed by atoms with Crippen LogP contribution in [0.2, 0.25) is 0 Å². The van der Waals surface area contributed by atoms with E-state index >= 15 is 0 Å². The Hall–Kier alpha value is 0.0300. The molecule has 3 unspecified atom stereocenters. The summed E-state index contributed by atoms with van der Waals surface area (Å²) in [7, 11) is -0.789. The minimum Gasteiger partial charge on any atom is -0.389 e. The Morgan fingerprint density at radius 2 is 1.92 bits per heavy atom. The monoisotopic (exact) mass is 193 g/mol. The average molecular weight is 193 g/mol. The van der Waals surface area contributed by atoms with Gasteiger partial charge in [0.05, 0.1) is 12.2 Å². The summed E-state index contributed by atoms with van der Waals surface area (Å²) >= 11 is 0. The van der Waals surface area contributed by atoms with E-state index in [0.717, 1.165) is 0 Å². The van der Waals surface area contributed by atoms with Crippen LogP contribution in [0.15, 0.2) is 0 Å². The highest BCUT2D eigenvalue weighted by atomic mass is 32.2. The maximum atomic E-state index is 10.7. The second-order valence-corrected chi connectivity index (χ2v) is 4.73. The van der Waals surface area contributed by atoms with Crippen LogP contribution in [-0.4, -0.2) is 63.2 Å². The van der Waals surface area contributed by atoms with Crippen molar-refractivity contribution >= 4 is 10.8 Å². The second kappa shape index (κ2) is 4.32. The molecular formula is C7H15NO3S. The highest BCUT2D eigenvalue weighted by Gasteiger charge is 2.28. The van der Waals surface area contributed by atoms with Gasteiger partial charge in [0, 0.05) is 42.4 Å². The average Bonchev–Trinajstić information content (AvgIpc) is 2.28. The highest BCUT2D eigenvalue weighted by Crippen LogP contribution is 2.08. The van der Waals surface area contributed by atoms with Crippen molar-refractivity contribution in [3.05, 3.63) is 0 Å². The molecular weight excluding hydrogens is 178 g/mol. The molecule has 1 rings (SSSR count). The van der Waals surface area contributed by atoms with Gasteiger partial charge in [-0.2, -0.15) is 0 Å². The quantitative estimate of drug-likeness (QED) is 0.567. The molecule has 72 valence electrons. The molecule has 1 fully saturated rings. The third-order valence-electron chi connectivity index (χ3n) is 2.03. The summed E-state index contributed by atoms with van der Waals surface area (Å²) in [6, 6.07) is 0. The fourth-order valence-corrected chi connectivity index (χ4v) is 1.80. The van der Waals surface area contributed by atoms with E-state index in [1.807, 2.05) is 4.90 Å². The Balaban J connectivity index is 2.23. The lowest BCUT2D eigenvalue weighted by Gasteiger charge is -2.12. The van der Waals surface area contributed by atoms with Crippen molar-refractivity contribution in [2.75, 3.05) is 31.6 Å². The Kier molecular flexibility index (Phi) is 3.64. The molecule has 1 saturated heterocycles. The first-order valence-electron chi connectivity index (χ1n) is 3.98. The van der Waals surface area contributed by atoms with Crippen molar-refractivity contribution in [3.63, 3.8) is 0 Å². The minimum atomic E-state index is -0.789. The van der Waals surface area contributed by atoms with E-state index in [0.29, 0.717) is 25.4 Å². The number of aliphatic hydroxyl groups excluding tert-OH is 2. The lowest BCUT2D eigenvalue weighted by atomic mass is 10.3. The zero-order chi connectivity index (χ0) is 9.14. The van der Waals surface area contributed by atoms with Crippen molar-refractivity contribution < 1.29 is 14.4 Å². The molecule has 0 amide bonds. The summed E-state index contributed by atoms with van der Waals surface area (Å²) in [4.78, 5) is 1.93. The number of nitrogens with zero attached hydrogens (tertiary/aromatic N) is 1. The first-order chi connectivity index (χ1) is 5.59. The molecule has 4 nitrogen and oxygen atoms in total. The van der Waals surface area contributed by atoms with Crippen molar-refractivity contribution in [2.45, 2.75) is 12.2 Å². The predicted octanol–water partition coefficient (Wildman–Crippen LogP) is -1.60. The molecule has 2 N–H and O–H groups in total. The van der Waals surface area contributed by atoms with E-state index in [4.69, 9.17) is 10.2 Å². The van der Waals surface area contributed by atoms with Crippen molar-refractivity contribution in [3.8, 4) is 0 Å². The Morgan fingerprint density at radius 3 is 2.33 bits per heavy atom. The fraction of sp³-hybridized carbons (Fsp3) is 1.00. The van der Waals surface area contributed by atoms with E-state index < -0.39 is 23.0 Å². The van der Waals surface area contributed by atoms with Crippen LogP contribution in [0, 0.1) is 0 Å². The van der Waals surface area contributed by atoms with Gasteiger partial charge < -0.3 is 10.2 Å². The first-order valence-corrected chi connectivity index (χ1v) is 5.71. The molecule has 1 aliphatic heterocycles. The van der Waals surface area contributed by atoms with Crippen LogP contribution in [-0.2, 0) is 10.8 Å². The number of hydrogen-bond acceptors (Lipinski definition) is 4. The third-order valence-corrected chi connectivity index (χ3v) is 2.79. The second-order valence-electron chi connectivity index (χ2n) is 3.17. The maximum absolute atomic E-state index is 10.7. The molecule has 1 heterocycles. The van der Waals surface area contributed by atoms with Gasteiger partial charge >= 0.3 is 0 Å². The lowest BCUT2D eigenvalue weighted by molar-refractivity contribution is 0.0572. The SMILES string of the molecule is CS(=O)CCN1CC(O)C(O)C1. The topological polar surface area (TPSA) is 60.8 Å². The van der Waals surface area contributed by atoms with E-state index in [1.54, 1.807) is 6.26 Å². The van der Waals surface area contributed by atoms with Gasteiger partial charge in [-0.25, -0.2) is 0 Å². The van der Waals surface area contributed by atoms with Crippen LogP contribution < -0.4 is 0 Å². The summed E-state index contributed by atoms with van der Waals surface area (Å²) in [6.45, 7) is 1.69. The van der Waals surface area contributed by atoms with Gasteiger partial charge in [0.15, 0.2) is 0 Å². The normalized spacial score (nSPS) is 33.9. The van der Waals surface area contributed by atoms with Crippen LogP contribution >= 0.6 is 0 Å². The molecule has 0 aromatic rings. The summed E-state index contributed by atoms with van der Waals surface area (Å²) in [5.41, 5.74) is 0. The Bertz CT molecular complexity index is 166. The van der Waals surface area contributed by atoms with Crippen LogP contribution in [0.5, 0.6) is 0 Å². The molecule has 0 aromatic heterocycles. The van der Waals surface area contributed by atoms with Crippen molar-refractivity contribution in [1.29, 1.82) is 0 Å². The van der Waals surface area contributed by atoms with Gasteiger partial charge in [0.2, 0.25) is 0 Å². The molecule has 12 heavy (non-hydrogen) atoms. The lowest BCUT2D eigenvalue weighted by Crippen LogP contribution is -2.26. The van der Waals surface area contributed by atoms with Gasteiger partial charge in [0.25, 0.3) is 0 Å². The molecule has 0 spiro atoms. The standard InChI is InChI=1S/C7H15NO3S/c1-12(11)3-2-8-4-6(9)7(10)5-8/h6-7,9-10H,2-5H2,1H3. The number of rotatable bonds is 3. The minimum absolute atomic E-state index is 0.498. The van der Waals surface area contributed by atoms with Crippen molar-refractivity contribution in [2.24, 2.45) is 0 Å². The number of β-amino-alcohol motifs (C(OH)–C–C–N with tert-alkyl or cyclic N) is 2. The predicted molar refractivity (Wildman–Crippen MR) is 47.4 cm³/mol. The van der Waals surface area contributed by atoms with Crippen LogP contribution in [0.3, 0.4) is 0 Å². The largest absolute Gasteiger partial charge is 0.389 e. The molecule has 0 radical (unpaired) electrons. The van der Waals surface area contributed by atoms with E-state index in [9.17, 15) is 4.21 Å².